The summed E-state index contributed by atoms with van der Waals surface area (Å²) in [4.78, 5) is 4.25. The first-order valence-electron chi connectivity index (χ1n) is 12.1. The first-order valence-corrected chi connectivity index (χ1v) is 14.2. The molecule has 0 saturated heterocycles. The van der Waals surface area contributed by atoms with Crippen LogP contribution in [0.3, 0.4) is 0 Å². The topological polar surface area (TPSA) is 93.2 Å². The number of nitrogens with zero attached hydrogens (tertiary/aromatic N) is 3. The van der Waals surface area contributed by atoms with Gasteiger partial charge in [-0.3, -0.25) is 0 Å². The molecule has 1 aromatic heterocycles. The summed E-state index contributed by atoms with van der Waals surface area (Å²) >= 11 is 0. The van der Waals surface area contributed by atoms with E-state index in [1.807, 2.05) is 42.5 Å². The van der Waals surface area contributed by atoms with Gasteiger partial charge in [0.1, 0.15) is 11.8 Å². The molecule has 0 amide bonds. The maximum atomic E-state index is 9.98. The monoisotopic (exact) mass is 492 g/mol. The van der Waals surface area contributed by atoms with Crippen molar-refractivity contribution < 1.29 is 13.7 Å². The van der Waals surface area contributed by atoms with Crippen LogP contribution in [0.25, 0.3) is 11.4 Å². The van der Waals surface area contributed by atoms with E-state index in [0.717, 1.165) is 16.8 Å². The largest absolute Gasteiger partial charge is 0.540 e. The maximum Gasteiger partial charge on any atom is 0.258 e. The Bertz CT molecular complexity index is 1140. The van der Waals surface area contributed by atoms with Crippen molar-refractivity contribution in [1.82, 2.24) is 10.1 Å². The molecule has 1 N–H and O–H groups in total. The molecular formula is C27H36N4O3Si. The van der Waals surface area contributed by atoms with Gasteiger partial charge < -0.3 is 19.0 Å². The van der Waals surface area contributed by atoms with E-state index < -0.39 is 14.4 Å². The van der Waals surface area contributed by atoms with Crippen LogP contribution in [-0.2, 0) is 0 Å². The van der Waals surface area contributed by atoms with Crippen LogP contribution < -0.4 is 14.5 Å². The molecule has 0 bridgehead atoms. The van der Waals surface area contributed by atoms with Gasteiger partial charge in [0.25, 0.3) is 8.32 Å². The minimum absolute atomic E-state index is 0.419. The van der Waals surface area contributed by atoms with Gasteiger partial charge in [-0.2, -0.15) is 10.2 Å². The number of benzene rings is 2. The third-order valence-electron chi connectivity index (χ3n) is 6.63. The fourth-order valence-corrected chi connectivity index (χ4v) is 10.2. The number of rotatable bonds is 10. The maximum absolute atomic E-state index is 9.98. The molecule has 7 nitrogen and oxygen atoms in total. The molecule has 186 valence electrons. The van der Waals surface area contributed by atoms with Gasteiger partial charge in [0.05, 0.1) is 13.2 Å². The molecule has 3 rings (SSSR count). The number of nitriles is 1. The molecule has 0 aliphatic rings. The molecule has 0 aliphatic carbocycles. The van der Waals surface area contributed by atoms with Gasteiger partial charge in [0.2, 0.25) is 11.7 Å². The number of anilines is 1. The number of aryl methyl sites for hydroxylation is 1. The van der Waals surface area contributed by atoms with Crippen molar-refractivity contribution in [2.75, 3.05) is 12.4 Å². The Kier molecular flexibility index (Phi) is 8.23. The van der Waals surface area contributed by atoms with Gasteiger partial charge in [0, 0.05) is 18.2 Å². The lowest BCUT2D eigenvalue weighted by atomic mass is 10.1. The van der Waals surface area contributed by atoms with Gasteiger partial charge in [-0.25, -0.2) is 0 Å². The van der Waals surface area contributed by atoms with Gasteiger partial charge >= 0.3 is 0 Å². The summed E-state index contributed by atoms with van der Waals surface area (Å²) in [6, 6.07) is 15.2. The highest BCUT2D eigenvalue weighted by Crippen LogP contribution is 2.45. The standard InChI is InChI=1S/C27H36N4O3Si/c1-17(2)35(18(3)4,19(5)6)34-26-15-22(11-14-25(26)32-8)24(16-28)30-23-12-9-21(10-13-23)27-29-20(7)33-31-27/h9-15,17-19,24,30H,1-8H3. The van der Waals surface area contributed by atoms with Crippen molar-refractivity contribution in [2.24, 2.45) is 0 Å². The lowest BCUT2D eigenvalue weighted by Crippen LogP contribution is -2.50. The molecule has 35 heavy (non-hydrogen) atoms. The molecule has 0 saturated carbocycles. The lowest BCUT2D eigenvalue weighted by Gasteiger charge is -2.42. The lowest BCUT2D eigenvalue weighted by molar-refractivity contribution is 0.382. The molecule has 2 aromatic carbocycles. The zero-order valence-corrected chi connectivity index (χ0v) is 22.9. The summed E-state index contributed by atoms with van der Waals surface area (Å²) < 4.78 is 17.6. The number of ether oxygens (including phenoxy) is 1. The number of nitrogens with one attached hydrogen (secondary N) is 1. The summed E-state index contributed by atoms with van der Waals surface area (Å²) in [6.45, 7) is 15.3. The minimum Gasteiger partial charge on any atom is -0.540 e. The van der Waals surface area contributed by atoms with E-state index in [1.54, 1.807) is 14.0 Å². The van der Waals surface area contributed by atoms with Crippen LogP contribution in [0.4, 0.5) is 5.69 Å². The Morgan fingerprint density at radius 3 is 2.06 bits per heavy atom. The average Bonchev–Trinajstić information content (AvgIpc) is 3.26. The van der Waals surface area contributed by atoms with Crippen molar-refractivity contribution in [3.8, 4) is 29.0 Å². The second-order valence-corrected chi connectivity index (χ2v) is 15.1. The predicted octanol–water partition coefficient (Wildman–Crippen LogP) is 7.28. The number of methoxy groups -OCH3 is 1. The van der Waals surface area contributed by atoms with Crippen LogP contribution in [0.5, 0.6) is 11.5 Å². The Morgan fingerprint density at radius 2 is 1.57 bits per heavy atom. The van der Waals surface area contributed by atoms with Gasteiger partial charge in [-0.1, -0.05) is 52.8 Å². The van der Waals surface area contributed by atoms with Gasteiger partial charge in [-0.15, -0.1) is 0 Å². The summed E-state index contributed by atoms with van der Waals surface area (Å²) in [7, 11) is -0.547. The van der Waals surface area contributed by atoms with E-state index in [9.17, 15) is 5.26 Å². The first kappa shape index (κ1) is 26.3. The van der Waals surface area contributed by atoms with Gasteiger partial charge in [0.15, 0.2) is 5.75 Å². The van der Waals surface area contributed by atoms with Crippen LogP contribution >= 0.6 is 0 Å². The molecule has 0 fully saturated rings. The van der Waals surface area contributed by atoms with Crippen molar-refractivity contribution in [3.05, 3.63) is 53.9 Å². The summed E-state index contributed by atoms with van der Waals surface area (Å²) in [5, 5.41) is 17.2. The second kappa shape index (κ2) is 11.0. The zero-order chi connectivity index (χ0) is 25.8. The number of aromatic nitrogens is 2. The van der Waals surface area contributed by atoms with E-state index in [-0.39, 0.29) is 0 Å². The van der Waals surface area contributed by atoms with Crippen LogP contribution in [-0.4, -0.2) is 25.6 Å². The van der Waals surface area contributed by atoms with Crippen molar-refractivity contribution in [1.29, 1.82) is 5.26 Å². The van der Waals surface area contributed by atoms with E-state index in [1.165, 1.54) is 0 Å². The van der Waals surface area contributed by atoms with E-state index in [2.05, 4.69) is 63.1 Å². The summed E-state index contributed by atoms with van der Waals surface area (Å²) in [5.41, 5.74) is 3.74. The third kappa shape index (κ3) is 5.51. The molecule has 1 atom stereocenters. The second-order valence-electron chi connectivity index (χ2n) is 9.75. The molecule has 3 aromatic rings. The molecule has 1 unspecified atom stereocenters. The molecule has 0 radical (unpaired) electrons. The molecule has 8 heteroatoms. The third-order valence-corrected chi connectivity index (χ3v) is 12.6. The molecular weight excluding hydrogens is 456 g/mol. The Balaban J connectivity index is 1.89. The normalized spacial score (nSPS) is 12.6. The average molecular weight is 493 g/mol. The first-order chi connectivity index (χ1) is 16.6. The van der Waals surface area contributed by atoms with Crippen LogP contribution in [0, 0.1) is 18.3 Å². The van der Waals surface area contributed by atoms with Crippen LogP contribution in [0.1, 0.15) is 59.0 Å². The quantitative estimate of drug-likeness (QED) is 0.297. The van der Waals surface area contributed by atoms with Gasteiger partial charge in [-0.05, 0) is 58.6 Å². The van der Waals surface area contributed by atoms with Crippen LogP contribution in [0.2, 0.25) is 16.6 Å². The fraction of sp³-hybridized carbons (Fsp3) is 0.444. The Hall–Kier alpha value is -3.31. The molecule has 0 aliphatic heterocycles. The number of hydrogen-bond donors (Lipinski definition) is 1. The number of hydrogen-bond acceptors (Lipinski definition) is 7. The van der Waals surface area contributed by atoms with Crippen molar-refractivity contribution in [2.45, 2.75) is 71.1 Å². The SMILES string of the molecule is COc1ccc(C(C#N)Nc2ccc(-c3noc(C)n3)cc2)cc1O[Si](C(C)C)(C(C)C)C(C)C. The van der Waals surface area contributed by atoms with Crippen LogP contribution in [0.15, 0.2) is 47.0 Å². The van der Waals surface area contributed by atoms with Crippen molar-refractivity contribution in [3.63, 3.8) is 0 Å². The minimum atomic E-state index is -2.20. The van der Waals surface area contributed by atoms with Crippen molar-refractivity contribution >= 4 is 14.0 Å². The Labute approximate surface area is 209 Å². The molecule has 1 heterocycles. The summed E-state index contributed by atoms with van der Waals surface area (Å²) in [5.74, 6) is 2.45. The smallest absolute Gasteiger partial charge is 0.258 e. The zero-order valence-electron chi connectivity index (χ0n) is 21.9. The Morgan fingerprint density at radius 1 is 0.943 bits per heavy atom. The van der Waals surface area contributed by atoms with E-state index in [4.69, 9.17) is 13.7 Å². The highest BCUT2D eigenvalue weighted by molar-refractivity contribution is 6.78. The van der Waals surface area contributed by atoms with E-state index in [0.29, 0.717) is 39.8 Å². The highest BCUT2D eigenvalue weighted by atomic mass is 28.4. The fourth-order valence-electron chi connectivity index (χ4n) is 4.99. The van der Waals surface area contributed by atoms with E-state index >= 15 is 0 Å². The highest BCUT2D eigenvalue weighted by Gasteiger charge is 2.47. The predicted molar refractivity (Wildman–Crippen MR) is 141 cm³/mol. The summed E-state index contributed by atoms with van der Waals surface area (Å²) in [6.07, 6.45) is 0. The molecule has 0 spiro atoms.